The van der Waals surface area contributed by atoms with Gasteiger partial charge in [0.25, 0.3) is 0 Å². The first-order chi connectivity index (χ1) is 16.5. The quantitative estimate of drug-likeness (QED) is 0.342. The molecule has 1 N–H and O–H groups in total. The van der Waals surface area contributed by atoms with Crippen molar-refractivity contribution in [3.8, 4) is 22.6 Å². The second-order valence-corrected chi connectivity index (χ2v) is 8.31. The van der Waals surface area contributed by atoms with Gasteiger partial charge in [-0.15, -0.1) is 0 Å². The van der Waals surface area contributed by atoms with Crippen molar-refractivity contribution in [2.75, 3.05) is 6.61 Å². The van der Waals surface area contributed by atoms with E-state index in [1.165, 1.54) is 19.1 Å². The molecule has 3 aromatic carbocycles. The first-order valence-corrected chi connectivity index (χ1v) is 11.1. The normalized spacial score (nSPS) is 13.7. The average molecular weight is 485 g/mol. The molecule has 0 amide bonds. The van der Waals surface area contributed by atoms with Gasteiger partial charge in [0.05, 0.1) is 5.56 Å². The maximum absolute atomic E-state index is 12.7. The molecule has 35 heavy (non-hydrogen) atoms. The standard InChI is InChI=1S/C28H27F3O4/c1-4-27(3,26(32)33)35-25-15-13-24(14-16-25)34-18-17-19(2)20-5-7-21(8-6-20)22-9-11-23(12-10-22)28(29,30)31/h5-17H,4,18H2,1-3H3,(H,32,33). The fourth-order valence-corrected chi connectivity index (χ4v) is 3.29. The lowest BCUT2D eigenvalue weighted by atomic mass is 10.00. The zero-order valence-electron chi connectivity index (χ0n) is 19.7. The third-order valence-corrected chi connectivity index (χ3v) is 5.82. The fourth-order valence-electron chi connectivity index (χ4n) is 3.29. The number of carboxylic acid groups (broad SMARTS) is 1. The van der Waals surface area contributed by atoms with Crippen LogP contribution in [-0.4, -0.2) is 23.3 Å². The maximum Gasteiger partial charge on any atom is 0.416 e. The van der Waals surface area contributed by atoms with Gasteiger partial charge in [0.1, 0.15) is 18.1 Å². The van der Waals surface area contributed by atoms with Gasteiger partial charge in [0.2, 0.25) is 5.60 Å². The van der Waals surface area contributed by atoms with Gasteiger partial charge in [-0.05, 0) is 85.0 Å². The fraction of sp³-hybridized carbons (Fsp3) is 0.250. The summed E-state index contributed by atoms with van der Waals surface area (Å²) in [4.78, 5) is 11.4. The van der Waals surface area contributed by atoms with Gasteiger partial charge in [-0.2, -0.15) is 13.2 Å². The minimum atomic E-state index is -4.35. The molecule has 0 aliphatic heterocycles. The van der Waals surface area contributed by atoms with Crippen LogP contribution in [0.2, 0.25) is 0 Å². The summed E-state index contributed by atoms with van der Waals surface area (Å²) in [5, 5.41) is 9.33. The van der Waals surface area contributed by atoms with Crippen molar-refractivity contribution in [1.29, 1.82) is 0 Å². The van der Waals surface area contributed by atoms with Crippen LogP contribution in [-0.2, 0) is 11.0 Å². The predicted molar refractivity (Wildman–Crippen MR) is 129 cm³/mol. The number of aliphatic carboxylic acids is 1. The number of hydrogen-bond acceptors (Lipinski definition) is 3. The Bertz CT molecular complexity index is 1160. The molecule has 7 heteroatoms. The van der Waals surface area contributed by atoms with Crippen LogP contribution < -0.4 is 9.47 Å². The highest BCUT2D eigenvalue weighted by molar-refractivity contribution is 5.77. The number of ether oxygens (including phenoxy) is 2. The zero-order valence-corrected chi connectivity index (χ0v) is 19.7. The average Bonchev–Trinajstić information content (AvgIpc) is 2.84. The molecule has 0 saturated heterocycles. The van der Waals surface area contributed by atoms with E-state index in [-0.39, 0.29) is 0 Å². The summed E-state index contributed by atoms with van der Waals surface area (Å²) in [6.07, 6.45) is -2.09. The molecular formula is C28H27F3O4. The van der Waals surface area contributed by atoms with Crippen molar-refractivity contribution in [3.63, 3.8) is 0 Å². The number of carboxylic acids is 1. The molecule has 0 aliphatic carbocycles. The van der Waals surface area contributed by atoms with E-state index in [4.69, 9.17) is 9.47 Å². The van der Waals surface area contributed by atoms with Crippen molar-refractivity contribution < 1.29 is 32.5 Å². The Morgan fingerprint density at radius 2 is 1.40 bits per heavy atom. The largest absolute Gasteiger partial charge is 0.490 e. The monoisotopic (exact) mass is 484 g/mol. The van der Waals surface area contributed by atoms with Crippen LogP contribution in [0, 0.1) is 0 Å². The number of rotatable bonds is 9. The lowest BCUT2D eigenvalue weighted by molar-refractivity contribution is -0.154. The molecule has 0 radical (unpaired) electrons. The molecule has 0 bridgehead atoms. The molecule has 4 nitrogen and oxygen atoms in total. The molecule has 0 aromatic heterocycles. The van der Waals surface area contributed by atoms with E-state index in [0.717, 1.165) is 28.8 Å². The smallest absolute Gasteiger partial charge is 0.416 e. The Labute approximate surface area is 202 Å². The first-order valence-electron chi connectivity index (χ1n) is 11.1. The number of carbonyl (C=O) groups is 1. The molecule has 0 spiro atoms. The molecule has 0 saturated carbocycles. The van der Waals surface area contributed by atoms with E-state index in [2.05, 4.69) is 0 Å². The Morgan fingerprint density at radius 3 is 1.89 bits per heavy atom. The molecule has 0 aliphatic rings. The van der Waals surface area contributed by atoms with Gasteiger partial charge in [0.15, 0.2) is 0 Å². The van der Waals surface area contributed by atoms with E-state index < -0.39 is 23.3 Å². The lowest BCUT2D eigenvalue weighted by Crippen LogP contribution is -2.40. The van der Waals surface area contributed by atoms with Crippen LogP contribution >= 0.6 is 0 Å². The van der Waals surface area contributed by atoms with Gasteiger partial charge in [-0.1, -0.05) is 43.3 Å². The van der Waals surface area contributed by atoms with Crippen molar-refractivity contribution in [2.45, 2.75) is 39.0 Å². The zero-order chi connectivity index (χ0) is 25.6. The molecule has 1 unspecified atom stereocenters. The van der Waals surface area contributed by atoms with Crippen LogP contribution in [0.3, 0.4) is 0 Å². The first kappa shape index (κ1) is 25.9. The maximum atomic E-state index is 12.7. The number of halogens is 3. The number of allylic oxidation sites excluding steroid dienone is 1. The Hall–Kier alpha value is -3.74. The predicted octanol–water partition coefficient (Wildman–Crippen LogP) is 7.49. The number of hydrogen-bond donors (Lipinski definition) is 1. The SMILES string of the molecule is CCC(C)(Oc1ccc(OCC=C(C)c2ccc(-c3ccc(C(F)(F)F)cc3)cc2)cc1)C(=O)O. The highest BCUT2D eigenvalue weighted by Gasteiger charge is 2.33. The van der Waals surface area contributed by atoms with E-state index in [9.17, 15) is 23.1 Å². The van der Waals surface area contributed by atoms with E-state index >= 15 is 0 Å². The van der Waals surface area contributed by atoms with E-state index in [1.807, 2.05) is 37.3 Å². The summed E-state index contributed by atoms with van der Waals surface area (Å²) in [7, 11) is 0. The van der Waals surface area contributed by atoms with E-state index in [0.29, 0.717) is 30.1 Å². The number of benzene rings is 3. The molecule has 1 atom stereocenters. The molecule has 0 heterocycles. The second kappa shape index (κ2) is 10.7. The van der Waals surface area contributed by atoms with Crippen LogP contribution in [0.4, 0.5) is 13.2 Å². The summed E-state index contributed by atoms with van der Waals surface area (Å²) in [5.74, 6) is 0.0462. The van der Waals surface area contributed by atoms with E-state index in [1.54, 1.807) is 31.2 Å². The second-order valence-electron chi connectivity index (χ2n) is 8.31. The van der Waals surface area contributed by atoms with Gasteiger partial charge < -0.3 is 14.6 Å². The highest BCUT2D eigenvalue weighted by atomic mass is 19.4. The highest BCUT2D eigenvalue weighted by Crippen LogP contribution is 2.31. The molecule has 184 valence electrons. The summed E-state index contributed by atoms with van der Waals surface area (Å²) < 4.78 is 49.6. The minimum absolute atomic E-state index is 0.328. The molecule has 3 aromatic rings. The van der Waals surface area contributed by atoms with Gasteiger partial charge >= 0.3 is 12.1 Å². The summed E-state index contributed by atoms with van der Waals surface area (Å²) >= 11 is 0. The Kier molecular flexibility index (Phi) is 7.89. The summed E-state index contributed by atoms with van der Waals surface area (Å²) in [6.45, 7) is 5.56. The van der Waals surface area contributed by atoms with Crippen LogP contribution in [0.1, 0.15) is 38.3 Å². The molecular weight excluding hydrogens is 457 g/mol. The Balaban J connectivity index is 1.58. The Morgan fingerprint density at radius 1 is 0.886 bits per heavy atom. The third kappa shape index (κ3) is 6.66. The van der Waals surface area contributed by atoms with Crippen molar-refractivity contribution in [2.24, 2.45) is 0 Å². The van der Waals surface area contributed by atoms with Crippen molar-refractivity contribution >= 4 is 11.5 Å². The minimum Gasteiger partial charge on any atom is -0.490 e. The topological polar surface area (TPSA) is 55.8 Å². The van der Waals surface area contributed by atoms with Gasteiger partial charge in [0, 0.05) is 0 Å². The van der Waals surface area contributed by atoms with Crippen molar-refractivity contribution in [1.82, 2.24) is 0 Å². The lowest BCUT2D eigenvalue weighted by Gasteiger charge is -2.24. The van der Waals surface area contributed by atoms with Crippen LogP contribution in [0.5, 0.6) is 11.5 Å². The third-order valence-electron chi connectivity index (χ3n) is 5.82. The van der Waals surface area contributed by atoms with Crippen LogP contribution in [0.25, 0.3) is 16.7 Å². The van der Waals surface area contributed by atoms with Crippen LogP contribution in [0.15, 0.2) is 78.9 Å². The van der Waals surface area contributed by atoms with Gasteiger partial charge in [-0.3, -0.25) is 0 Å². The molecule has 3 rings (SSSR count). The summed E-state index contributed by atoms with van der Waals surface area (Å²) in [5.41, 5.74) is 1.55. The molecule has 0 fully saturated rings. The number of alkyl halides is 3. The van der Waals surface area contributed by atoms with Crippen molar-refractivity contribution in [3.05, 3.63) is 90.0 Å². The summed E-state index contributed by atoms with van der Waals surface area (Å²) in [6, 6.07) is 19.4. The van der Waals surface area contributed by atoms with Gasteiger partial charge in [-0.25, -0.2) is 4.79 Å².